The third kappa shape index (κ3) is 6.67. The van der Waals surface area contributed by atoms with Gasteiger partial charge in [0, 0.05) is 33.2 Å². The maximum absolute atomic E-state index is 13.1. The number of rotatable bonds is 7. The van der Waals surface area contributed by atoms with Gasteiger partial charge >= 0.3 is 0 Å². The first-order valence-corrected chi connectivity index (χ1v) is 14.3. The van der Waals surface area contributed by atoms with E-state index >= 15 is 0 Å². The van der Waals surface area contributed by atoms with Gasteiger partial charge in [0.2, 0.25) is 5.91 Å². The molecule has 1 aromatic heterocycles. The zero-order valence-corrected chi connectivity index (χ0v) is 23.9. The SMILES string of the molecule is CC(Sc1cccc(NC(=O)c2ccc([N+](=O)[O-])cc2)c1)C(=O)Nc1sc2c(c1C#N)CCC(C(C)(C)C)C2. The number of nitrogens with one attached hydrogen (secondary N) is 2. The molecule has 1 heterocycles. The normalized spacial score (nSPS) is 15.5. The van der Waals surface area contributed by atoms with E-state index < -0.39 is 16.1 Å². The molecule has 8 nitrogen and oxygen atoms in total. The van der Waals surface area contributed by atoms with Crippen molar-refractivity contribution in [2.45, 2.75) is 57.1 Å². The Morgan fingerprint density at radius 1 is 1.18 bits per heavy atom. The first kappa shape index (κ1) is 28.3. The first-order chi connectivity index (χ1) is 18.5. The third-order valence-electron chi connectivity index (χ3n) is 6.95. The summed E-state index contributed by atoms with van der Waals surface area (Å²) in [6, 6.07) is 14.8. The zero-order chi connectivity index (χ0) is 28.3. The number of non-ortho nitro benzene ring substituents is 1. The number of carbonyl (C=O) groups is 2. The average Bonchev–Trinajstić information content (AvgIpc) is 3.24. The Kier molecular flexibility index (Phi) is 8.42. The molecular formula is C29H30N4O4S2. The lowest BCUT2D eigenvalue weighted by Crippen LogP contribution is -2.26. The highest BCUT2D eigenvalue weighted by Crippen LogP contribution is 2.44. The zero-order valence-electron chi connectivity index (χ0n) is 22.2. The van der Waals surface area contributed by atoms with Crippen LogP contribution in [-0.2, 0) is 17.6 Å². The van der Waals surface area contributed by atoms with Crippen molar-refractivity contribution in [1.29, 1.82) is 5.26 Å². The molecule has 3 aromatic rings. The van der Waals surface area contributed by atoms with Crippen LogP contribution in [0.5, 0.6) is 0 Å². The first-order valence-electron chi connectivity index (χ1n) is 12.6. The van der Waals surface area contributed by atoms with Gasteiger partial charge in [-0.05, 0) is 73.4 Å². The summed E-state index contributed by atoms with van der Waals surface area (Å²) in [6.07, 6.45) is 2.82. The minimum atomic E-state index is -0.518. The van der Waals surface area contributed by atoms with E-state index in [2.05, 4.69) is 37.5 Å². The van der Waals surface area contributed by atoms with Crippen LogP contribution in [0.3, 0.4) is 0 Å². The number of hydrogen-bond donors (Lipinski definition) is 2. The number of thioether (sulfide) groups is 1. The predicted molar refractivity (Wildman–Crippen MR) is 155 cm³/mol. The van der Waals surface area contributed by atoms with Crippen molar-refractivity contribution in [2.24, 2.45) is 11.3 Å². The largest absolute Gasteiger partial charge is 0.322 e. The maximum atomic E-state index is 13.1. The fraction of sp³-hybridized carbons (Fsp3) is 0.345. The van der Waals surface area contributed by atoms with Gasteiger partial charge in [-0.2, -0.15) is 5.26 Å². The lowest BCUT2D eigenvalue weighted by molar-refractivity contribution is -0.384. The van der Waals surface area contributed by atoms with Crippen LogP contribution < -0.4 is 10.6 Å². The minimum Gasteiger partial charge on any atom is -0.322 e. The summed E-state index contributed by atoms with van der Waals surface area (Å²) < 4.78 is 0. The van der Waals surface area contributed by atoms with E-state index in [-0.39, 0.29) is 17.0 Å². The van der Waals surface area contributed by atoms with Gasteiger partial charge < -0.3 is 10.6 Å². The highest BCUT2D eigenvalue weighted by molar-refractivity contribution is 8.00. The van der Waals surface area contributed by atoms with Gasteiger partial charge in [-0.3, -0.25) is 19.7 Å². The van der Waals surface area contributed by atoms with Crippen molar-refractivity contribution in [3.8, 4) is 6.07 Å². The summed E-state index contributed by atoms with van der Waals surface area (Å²) in [6.45, 7) is 8.55. The van der Waals surface area contributed by atoms with Crippen LogP contribution in [0.2, 0.25) is 0 Å². The Morgan fingerprint density at radius 2 is 1.90 bits per heavy atom. The summed E-state index contributed by atoms with van der Waals surface area (Å²) in [5.74, 6) is -0.0404. The van der Waals surface area contributed by atoms with E-state index in [1.807, 2.05) is 6.07 Å². The number of nitriles is 1. The molecule has 0 aliphatic heterocycles. The molecule has 1 aliphatic carbocycles. The van der Waals surface area contributed by atoms with E-state index in [0.29, 0.717) is 27.7 Å². The number of benzene rings is 2. The summed E-state index contributed by atoms with van der Waals surface area (Å²) in [5.41, 5.74) is 2.61. The standard InChI is InChI=1S/C29H30N4O4S2/c1-17(26(34)32-28-24(16-30)23-13-10-19(29(2,3)4)14-25(23)39-28)38-22-7-5-6-20(15-22)31-27(35)18-8-11-21(12-9-18)33(36)37/h5-9,11-12,15,17,19H,10,13-14H2,1-4H3,(H,31,35)(H,32,34). The van der Waals surface area contributed by atoms with Gasteiger partial charge in [0.15, 0.2) is 0 Å². The molecule has 2 amide bonds. The highest BCUT2D eigenvalue weighted by Gasteiger charge is 2.32. The minimum absolute atomic E-state index is 0.0871. The molecule has 1 aliphatic rings. The molecule has 39 heavy (non-hydrogen) atoms. The number of nitro groups is 1. The lowest BCUT2D eigenvalue weighted by atomic mass is 9.72. The number of anilines is 2. The second kappa shape index (κ2) is 11.6. The van der Waals surface area contributed by atoms with Crippen molar-refractivity contribution in [2.75, 3.05) is 10.6 Å². The molecule has 10 heteroatoms. The van der Waals surface area contributed by atoms with Gasteiger partial charge in [-0.15, -0.1) is 23.1 Å². The van der Waals surface area contributed by atoms with E-state index in [1.165, 1.54) is 52.2 Å². The molecule has 0 spiro atoms. The highest BCUT2D eigenvalue weighted by atomic mass is 32.2. The van der Waals surface area contributed by atoms with E-state index in [0.717, 1.165) is 29.7 Å². The summed E-state index contributed by atoms with van der Waals surface area (Å²) in [4.78, 5) is 38.0. The number of nitrogens with zero attached hydrogens (tertiary/aromatic N) is 2. The molecule has 0 saturated heterocycles. The molecule has 2 aromatic carbocycles. The van der Waals surface area contributed by atoms with Crippen molar-refractivity contribution in [3.05, 3.63) is 80.2 Å². The van der Waals surface area contributed by atoms with Crippen molar-refractivity contribution < 1.29 is 14.5 Å². The van der Waals surface area contributed by atoms with E-state index in [9.17, 15) is 25.0 Å². The monoisotopic (exact) mass is 562 g/mol. The molecule has 0 bridgehead atoms. The van der Waals surface area contributed by atoms with Crippen molar-refractivity contribution in [3.63, 3.8) is 0 Å². The molecule has 2 N–H and O–H groups in total. The Hall–Kier alpha value is -3.68. The number of thiophene rings is 1. The number of nitro benzene ring substituents is 1. The Morgan fingerprint density at radius 3 is 2.54 bits per heavy atom. The van der Waals surface area contributed by atoms with Gasteiger partial charge in [0.25, 0.3) is 11.6 Å². The lowest BCUT2D eigenvalue weighted by Gasteiger charge is -2.33. The van der Waals surface area contributed by atoms with Crippen LogP contribution in [0.1, 0.15) is 60.5 Å². The maximum Gasteiger partial charge on any atom is 0.269 e. The second-order valence-electron chi connectivity index (χ2n) is 10.7. The van der Waals surface area contributed by atoms with Crippen LogP contribution in [0, 0.1) is 32.8 Å². The molecule has 4 rings (SSSR count). The molecular weight excluding hydrogens is 532 g/mol. The van der Waals surface area contributed by atoms with Crippen LogP contribution >= 0.6 is 23.1 Å². The van der Waals surface area contributed by atoms with Crippen LogP contribution in [0.25, 0.3) is 0 Å². The average molecular weight is 563 g/mol. The number of hydrogen-bond acceptors (Lipinski definition) is 7. The van der Waals surface area contributed by atoms with E-state index in [4.69, 9.17) is 0 Å². The fourth-order valence-corrected chi connectivity index (χ4v) is 6.79. The Balaban J connectivity index is 1.40. The molecule has 0 fully saturated rings. The van der Waals surface area contributed by atoms with Gasteiger partial charge in [0.1, 0.15) is 11.1 Å². The molecule has 0 radical (unpaired) electrons. The Bertz CT molecular complexity index is 1450. The topological polar surface area (TPSA) is 125 Å². The van der Waals surface area contributed by atoms with Crippen LogP contribution in [0.4, 0.5) is 16.4 Å². The molecule has 0 saturated carbocycles. The number of fused-ring (bicyclic) bond motifs is 1. The van der Waals surface area contributed by atoms with Crippen molar-refractivity contribution >= 4 is 51.3 Å². The smallest absolute Gasteiger partial charge is 0.269 e. The molecule has 2 unspecified atom stereocenters. The van der Waals surface area contributed by atoms with Crippen LogP contribution in [0.15, 0.2) is 53.4 Å². The summed E-state index contributed by atoms with van der Waals surface area (Å²) in [7, 11) is 0. The van der Waals surface area contributed by atoms with Gasteiger partial charge in [-0.25, -0.2) is 0 Å². The third-order valence-corrected chi connectivity index (χ3v) is 9.22. The quantitative estimate of drug-likeness (QED) is 0.181. The Labute approximate surface area is 236 Å². The fourth-order valence-electron chi connectivity index (χ4n) is 4.59. The molecule has 2 atom stereocenters. The summed E-state index contributed by atoms with van der Waals surface area (Å²) in [5, 5.41) is 26.6. The number of amides is 2. The summed E-state index contributed by atoms with van der Waals surface area (Å²) >= 11 is 2.87. The van der Waals surface area contributed by atoms with Crippen molar-refractivity contribution in [1.82, 2.24) is 0 Å². The van der Waals surface area contributed by atoms with Crippen LogP contribution in [-0.4, -0.2) is 22.0 Å². The molecule has 202 valence electrons. The van der Waals surface area contributed by atoms with Gasteiger partial charge in [0.05, 0.1) is 15.7 Å². The number of carbonyl (C=O) groups excluding carboxylic acids is 2. The predicted octanol–water partition coefficient (Wildman–Crippen LogP) is 7.05. The second-order valence-corrected chi connectivity index (χ2v) is 13.2. The van der Waals surface area contributed by atoms with E-state index in [1.54, 1.807) is 25.1 Å². The van der Waals surface area contributed by atoms with Gasteiger partial charge in [-0.1, -0.05) is 26.8 Å².